The van der Waals surface area contributed by atoms with Crippen molar-refractivity contribution < 1.29 is 14.5 Å². The third kappa shape index (κ3) is 4.60. The Bertz CT molecular complexity index is 994. The lowest BCUT2D eigenvalue weighted by molar-refractivity contribution is -0.384. The molecule has 9 heteroatoms. The third-order valence-corrected chi connectivity index (χ3v) is 5.84. The van der Waals surface area contributed by atoms with Crippen LogP contribution in [0.5, 0.6) is 5.75 Å². The van der Waals surface area contributed by atoms with Gasteiger partial charge in [-0.25, -0.2) is 0 Å². The number of thioether (sulfide) groups is 1. The number of amides is 1. The maximum atomic E-state index is 12.5. The topological polar surface area (TPSA) is 72.7 Å². The molecule has 0 bridgehead atoms. The largest absolute Gasteiger partial charge is 0.488 e. The van der Waals surface area contributed by atoms with Crippen LogP contribution in [0.25, 0.3) is 6.08 Å². The van der Waals surface area contributed by atoms with Crippen LogP contribution in [0, 0.1) is 10.1 Å². The highest BCUT2D eigenvalue weighted by molar-refractivity contribution is 9.10. The van der Waals surface area contributed by atoms with Crippen LogP contribution < -0.4 is 4.74 Å². The van der Waals surface area contributed by atoms with Gasteiger partial charge in [0.1, 0.15) is 16.7 Å². The second-order valence-corrected chi connectivity index (χ2v) is 8.42. The van der Waals surface area contributed by atoms with E-state index in [0.29, 0.717) is 27.1 Å². The first-order valence-electron chi connectivity index (χ1n) is 8.30. The van der Waals surface area contributed by atoms with E-state index in [4.69, 9.17) is 17.0 Å². The van der Waals surface area contributed by atoms with E-state index in [1.807, 2.05) is 19.1 Å². The lowest BCUT2D eigenvalue weighted by Crippen LogP contribution is -2.27. The highest BCUT2D eigenvalue weighted by Gasteiger charge is 2.30. The van der Waals surface area contributed by atoms with Crippen LogP contribution in [0.15, 0.2) is 51.8 Å². The molecular formula is C19H15BrN2O4S2. The Morgan fingerprint density at radius 1 is 1.32 bits per heavy atom. The lowest BCUT2D eigenvalue weighted by Gasteiger charge is -2.11. The molecule has 1 aliphatic rings. The lowest BCUT2D eigenvalue weighted by atomic mass is 10.1. The predicted octanol–water partition coefficient (Wildman–Crippen LogP) is 5.16. The summed E-state index contributed by atoms with van der Waals surface area (Å²) in [5.41, 5.74) is 1.41. The van der Waals surface area contributed by atoms with Gasteiger partial charge in [-0.2, -0.15) is 0 Å². The fourth-order valence-electron chi connectivity index (χ4n) is 2.60. The van der Waals surface area contributed by atoms with E-state index in [-0.39, 0.29) is 18.2 Å². The standard InChI is InChI=1S/C19H15BrN2O4S2/c1-2-21-18(23)17(28-19(21)27)10-13-9-14(20)6-7-16(13)26-11-12-4-3-5-15(8-12)22(24)25/h3-10H,2,11H2,1H3/b17-10-. The molecular weight excluding hydrogens is 464 g/mol. The number of thiocarbonyl (C=S) groups is 1. The molecule has 0 atom stereocenters. The number of nitro groups is 1. The normalized spacial score (nSPS) is 15.4. The van der Waals surface area contributed by atoms with Gasteiger partial charge in [-0.15, -0.1) is 0 Å². The van der Waals surface area contributed by atoms with E-state index in [9.17, 15) is 14.9 Å². The molecule has 0 spiro atoms. The number of ether oxygens (including phenoxy) is 1. The van der Waals surface area contributed by atoms with Gasteiger partial charge in [0.15, 0.2) is 0 Å². The van der Waals surface area contributed by atoms with Gasteiger partial charge in [-0.1, -0.05) is 52.0 Å². The molecule has 0 radical (unpaired) electrons. The number of carbonyl (C=O) groups excluding carboxylic acids is 1. The SMILES string of the molecule is CCN1C(=O)/C(=C/c2cc(Br)ccc2OCc2cccc([N+](=O)[O-])c2)SC1=S. The van der Waals surface area contributed by atoms with Crippen molar-refractivity contribution in [2.75, 3.05) is 6.54 Å². The molecule has 0 saturated carbocycles. The van der Waals surface area contributed by atoms with Gasteiger partial charge < -0.3 is 4.74 Å². The summed E-state index contributed by atoms with van der Waals surface area (Å²) >= 11 is 9.94. The molecule has 3 rings (SSSR count). The Morgan fingerprint density at radius 2 is 2.11 bits per heavy atom. The van der Waals surface area contributed by atoms with E-state index in [2.05, 4.69) is 15.9 Å². The Balaban J connectivity index is 1.85. The first-order chi connectivity index (χ1) is 13.4. The van der Waals surface area contributed by atoms with E-state index in [1.54, 1.807) is 29.2 Å². The minimum absolute atomic E-state index is 0.0142. The smallest absolute Gasteiger partial charge is 0.269 e. The fraction of sp³-hybridized carbons (Fsp3) is 0.158. The molecule has 6 nitrogen and oxygen atoms in total. The van der Waals surface area contributed by atoms with Crippen LogP contribution in [0.4, 0.5) is 5.69 Å². The summed E-state index contributed by atoms with van der Waals surface area (Å²) in [6.45, 7) is 2.57. The van der Waals surface area contributed by atoms with Gasteiger partial charge >= 0.3 is 0 Å². The van der Waals surface area contributed by atoms with Crippen molar-refractivity contribution in [1.82, 2.24) is 4.90 Å². The zero-order valence-electron chi connectivity index (χ0n) is 14.8. The van der Waals surface area contributed by atoms with Crippen LogP contribution in [0.2, 0.25) is 0 Å². The van der Waals surface area contributed by atoms with Crippen LogP contribution in [0.1, 0.15) is 18.1 Å². The number of halogens is 1. The molecule has 1 amide bonds. The molecule has 0 aromatic heterocycles. The van der Waals surface area contributed by atoms with Crippen molar-refractivity contribution in [1.29, 1.82) is 0 Å². The number of hydrogen-bond acceptors (Lipinski definition) is 6. The average molecular weight is 479 g/mol. The number of hydrogen-bond donors (Lipinski definition) is 0. The molecule has 0 unspecified atom stereocenters. The fourth-order valence-corrected chi connectivity index (χ4v) is 4.35. The summed E-state index contributed by atoms with van der Waals surface area (Å²) < 4.78 is 7.26. The minimum Gasteiger partial charge on any atom is -0.488 e. The van der Waals surface area contributed by atoms with Gasteiger partial charge in [0.05, 0.1) is 9.83 Å². The van der Waals surface area contributed by atoms with Crippen LogP contribution in [-0.2, 0) is 11.4 Å². The highest BCUT2D eigenvalue weighted by atomic mass is 79.9. The maximum Gasteiger partial charge on any atom is 0.269 e. The molecule has 1 fully saturated rings. The van der Waals surface area contributed by atoms with Gasteiger partial charge in [-0.05, 0) is 36.8 Å². The van der Waals surface area contributed by atoms with Gasteiger partial charge in [-0.3, -0.25) is 19.8 Å². The Labute approximate surface area is 179 Å². The number of nitrogens with zero attached hydrogens (tertiary/aromatic N) is 2. The van der Waals surface area contributed by atoms with Gasteiger partial charge in [0.2, 0.25) is 0 Å². The monoisotopic (exact) mass is 478 g/mol. The van der Waals surface area contributed by atoms with Crippen molar-refractivity contribution in [3.8, 4) is 5.75 Å². The molecule has 0 N–H and O–H groups in total. The number of nitro benzene ring substituents is 1. The second kappa shape index (κ2) is 8.85. The third-order valence-electron chi connectivity index (χ3n) is 3.96. The molecule has 2 aromatic carbocycles. The molecule has 28 heavy (non-hydrogen) atoms. The van der Waals surface area contributed by atoms with Gasteiger partial charge in [0, 0.05) is 28.7 Å². The first kappa shape index (κ1) is 20.5. The summed E-state index contributed by atoms with van der Waals surface area (Å²) in [4.78, 5) is 25.0. The first-order valence-corrected chi connectivity index (χ1v) is 10.3. The summed E-state index contributed by atoms with van der Waals surface area (Å²) in [5.74, 6) is 0.443. The zero-order valence-corrected chi connectivity index (χ0v) is 18.0. The Hall–Kier alpha value is -2.23. The molecule has 1 saturated heterocycles. The summed E-state index contributed by atoms with van der Waals surface area (Å²) in [6.07, 6.45) is 1.75. The molecule has 2 aromatic rings. The number of likely N-dealkylation sites (N-methyl/N-ethyl adjacent to an activating group) is 1. The van der Waals surface area contributed by atoms with Crippen LogP contribution in [0.3, 0.4) is 0 Å². The minimum atomic E-state index is -0.440. The van der Waals surface area contributed by atoms with Crippen molar-refractivity contribution in [3.63, 3.8) is 0 Å². The summed E-state index contributed by atoms with van der Waals surface area (Å²) in [6, 6.07) is 11.8. The quantitative estimate of drug-likeness (QED) is 0.247. The number of non-ortho nitro benzene ring substituents is 1. The summed E-state index contributed by atoms with van der Waals surface area (Å²) in [7, 11) is 0. The number of benzene rings is 2. The summed E-state index contributed by atoms with van der Waals surface area (Å²) in [5, 5.41) is 10.9. The van der Waals surface area contributed by atoms with Crippen molar-refractivity contribution in [2.45, 2.75) is 13.5 Å². The Morgan fingerprint density at radius 3 is 2.79 bits per heavy atom. The van der Waals surface area contributed by atoms with Crippen molar-refractivity contribution in [3.05, 3.63) is 73.1 Å². The predicted molar refractivity (Wildman–Crippen MR) is 117 cm³/mol. The van der Waals surface area contributed by atoms with Crippen molar-refractivity contribution in [2.24, 2.45) is 0 Å². The molecule has 0 aliphatic carbocycles. The molecule has 1 aliphatic heterocycles. The zero-order chi connectivity index (χ0) is 20.3. The van der Waals surface area contributed by atoms with Crippen molar-refractivity contribution >= 4 is 61.9 Å². The number of rotatable bonds is 6. The maximum absolute atomic E-state index is 12.5. The second-order valence-electron chi connectivity index (χ2n) is 5.82. The van der Waals surface area contributed by atoms with Crippen LogP contribution in [-0.4, -0.2) is 26.6 Å². The number of carbonyl (C=O) groups is 1. The van der Waals surface area contributed by atoms with E-state index in [1.165, 1.54) is 23.9 Å². The van der Waals surface area contributed by atoms with E-state index in [0.717, 1.165) is 10.0 Å². The van der Waals surface area contributed by atoms with Gasteiger partial charge in [0.25, 0.3) is 11.6 Å². The van der Waals surface area contributed by atoms with Crippen LogP contribution >= 0.6 is 39.9 Å². The molecule has 144 valence electrons. The van der Waals surface area contributed by atoms with E-state index < -0.39 is 4.92 Å². The van der Waals surface area contributed by atoms with E-state index >= 15 is 0 Å². The molecule has 1 heterocycles. The highest BCUT2D eigenvalue weighted by Crippen LogP contribution is 2.35. The Kier molecular flexibility index (Phi) is 6.48. The average Bonchev–Trinajstić information content (AvgIpc) is 2.94.